The number of rotatable bonds is 7. The predicted octanol–water partition coefficient (Wildman–Crippen LogP) is 4.56. The molecular formula is C12H24. The molecule has 0 rings (SSSR count). The van der Waals surface area contributed by atoms with Crippen LogP contribution in [0.15, 0.2) is 12.2 Å². The molecule has 0 saturated carbocycles. The Labute approximate surface area is 78.1 Å². The molecule has 12 heavy (non-hydrogen) atoms. The Balaban J connectivity index is 3.15. The van der Waals surface area contributed by atoms with Gasteiger partial charge in [-0.1, -0.05) is 51.7 Å². The fraction of sp³-hybridized carbons (Fsp3) is 0.833. The largest absolute Gasteiger partial charge is 0.0917 e. The second-order valence-corrected chi connectivity index (χ2v) is 3.75. The van der Waals surface area contributed by atoms with E-state index in [4.69, 9.17) is 0 Å². The second-order valence-electron chi connectivity index (χ2n) is 3.75. The Morgan fingerprint density at radius 2 is 1.92 bits per heavy atom. The van der Waals surface area contributed by atoms with E-state index in [0.717, 1.165) is 5.92 Å². The molecule has 0 aliphatic carbocycles. The van der Waals surface area contributed by atoms with Gasteiger partial charge in [-0.05, 0) is 25.7 Å². The minimum atomic E-state index is 0.924. The maximum absolute atomic E-state index is 2.37. The summed E-state index contributed by atoms with van der Waals surface area (Å²) in [7, 11) is 0. The molecule has 72 valence electrons. The van der Waals surface area contributed by atoms with Gasteiger partial charge in [0.15, 0.2) is 0 Å². The quantitative estimate of drug-likeness (QED) is 0.386. The number of allylic oxidation sites excluding steroid dienone is 2. The summed E-state index contributed by atoms with van der Waals surface area (Å²) in [5.41, 5.74) is 0. The van der Waals surface area contributed by atoms with E-state index in [1.807, 2.05) is 0 Å². The zero-order chi connectivity index (χ0) is 9.23. The fourth-order valence-corrected chi connectivity index (χ4v) is 1.43. The Morgan fingerprint density at radius 3 is 2.50 bits per heavy atom. The minimum absolute atomic E-state index is 0.924. The topological polar surface area (TPSA) is 0 Å². The highest BCUT2D eigenvalue weighted by Gasteiger charge is 1.99. The molecule has 0 spiro atoms. The third-order valence-corrected chi connectivity index (χ3v) is 2.36. The molecule has 0 N–H and O–H groups in total. The monoisotopic (exact) mass is 168 g/mol. The highest BCUT2D eigenvalue weighted by Crippen LogP contribution is 2.14. The summed E-state index contributed by atoms with van der Waals surface area (Å²) < 4.78 is 0. The lowest BCUT2D eigenvalue weighted by Gasteiger charge is -2.08. The van der Waals surface area contributed by atoms with Crippen molar-refractivity contribution in [2.75, 3.05) is 0 Å². The highest BCUT2D eigenvalue weighted by molar-refractivity contribution is 4.77. The van der Waals surface area contributed by atoms with Crippen molar-refractivity contribution in [3.63, 3.8) is 0 Å². The van der Waals surface area contributed by atoms with Crippen LogP contribution in [0, 0.1) is 5.92 Å². The van der Waals surface area contributed by atoms with Gasteiger partial charge in [0.1, 0.15) is 0 Å². The van der Waals surface area contributed by atoms with Crippen LogP contribution in [-0.2, 0) is 0 Å². The van der Waals surface area contributed by atoms with Crippen LogP contribution < -0.4 is 0 Å². The van der Waals surface area contributed by atoms with E-state index in [2.05, 4.69) is 32.9 Å². The van der Waals surface area contributed by atoms with Crippen LogP contribution >= 0.6 is 0 Å². The second kappa shape index (κ2) is 8.83. The molecule has 0 heterocycles. The van der Waals surface area contributed by atoms with E-state index in [9.17, 15) is 0 Å². The smallest absolute Gasteiger partial charge is 0.0348 e. The van der Waals surface area contributed by atoms with Gasteiger partial charge in [-0.15, -0.1) is 0 Å². The Hall–Kier alpha value is -0.260. The van der Waals surface area contributed by atoms with E-state index < -0.39 is 0 Å². The SMILES string of the molecule is C/C=C\CCC(C)CCCCC. The summed E-state index contributed by atoms with van der Waals surface area (Å²) in [5, 5.41) is 0. The van der Waals surface area contributed by atoms with Gasteiger partial charge in [0.2, 0.25) is 0 Å². The van der Waals surface area contributed by atoms with Gasteiger partial charge in [-0.2, -0.15) is 0 Å². The molecule has 0 aromatic rings. The number of hydrogen-bond donors (Lipinski definition) is 0. The Bertz CT molecular complexity index is 103. The van der Waals surface area contributed by atoms with Gasteiger partial charge in [0, 0.05) is 0 Å². The van der Waals surface area contributed by atoms with Crippen molar-refractivity contribution in [3.8, 4) is 0 Å². The van der Waals surface area contributed by atoms with Crippen LogP contribution in [0.1, 0.15) is 59.3 Å². The molecule has 0 heteroatoms. The first-order valence-electron chi connectivity index (χ1n) is 5.42. The van der Waals surface area contributed by atoms with Crippen molar-refractivity contribution in [3.05, 3.63) is 12.2 Å². The van der Waals surface area contributed by atoms with Crippen LogP contribution in [0.2, 0.25) is 0 Å². The van der Waals surface area contributed by atoms with E-state index in [-0.39, 0.29) is 0 Å². The third kappa shape index (κ3) is 7.84. The molecule has 0 fully saturated rings. The third-order valence-electron chi connectivity index (χ3n) is 2.36. The molecule has 0 bridgehead atoms. The summed E-state index contributed by atoms with van der Waals surface area (Å²) in [5.74, 6) is 0.924. The average molecular weight is 168 g/mol. The number of hydrogen-bond acceptors (Lipinski definition) is 0. The minimum Gasteiger partial charge on any atom is -0.0917 e. The van der Waals surface area contributed by atoms with Gasteiger partial charge in [0.05, 0.1) is 0 Å². The standard InChI is InChI=1S/C12H24/c1-4-6-8-10-12(3)11-9-7-5-2/h4,6,12H,5,7-11H2,1-3H3/b6-4-. The van der Waals surface area contributed by atoms with E-state index in [1.54, 1.807) is 0 Å². The van der Waals surface area contributed by atoms with Crippen LogP contribution in [-0.4, -0.2) is 0 Å². The molecule has 1 unspecified atom stereocenters. The van der Waals surface area contributed by atoms with E-state index in [0.29, 0.717) is 0 Å². The Morgan fingerprint density at radius 1 is 1.17 bits per heavy atom. The summed E-state index contributed by atoms with van der Waals surface area (Å²) in [6.07, 6.45) is 12.7. The zero-order valence-electron chi connectivity index (χ0n) is 8.97. The van der Waals surface area contributed by atoms with Crippen molar-refractivity contribution in [1.82, 2.24) is 0 Å². The van der Waals surface area contributed by atoms with Gasteiger partial charge < -0.3 is 0 Å². The molecule has 0 amide bonds. The molecular weight excluding hydrogens is 144 g/mol. The van der Waals surface area contributed by atoms with Crippen molar-refractivity contribution >= 4 is 0 Å². The molecule has 0 aliphatic rings. The van der Waals surface area contributed by atoms with Crippen LogP contribution in [0.5, 0.6) is 0 Å². The summed E-state index contributed by atoms with van der Waals surface area (Å²) >= 11 is 0. The zero-order valence-corrected chi connectivity index (χ0v) is 8.97. The molecule has 0 nitrogen and oxygen atoms in total. The first-order valence-corrected chi connectivity index (χ1v) is 5.42. The Kier molecular flexibility index (Phi) is 8.64. The molecule has 0 aliphatic heterocycles. The molecule has 0 aromatic heterocycles. The van der Waals surface area contributed by atoms with Gasteiger partial charge in [-0.3, -0.25) is 0 Å². The molecule has 0 saturated heterocycles. The van der Waals surface area contributed by atoms with Gasteiger partial charge in [-0.25, -0.2) is 0 Å². The normalized spacial score (nSPS) is 13.9. The summed E-state index contributed by atoms with van der Waals surface area (Å²) in [6.45, 7) is 6.74. The van der Waals surface area contributed by atoms with Crippen molar-refractivity contribution in [1.29, 1.82) is 0 Å². The van der Waals surface area contributed by atoms with Crippen molar-refractivity contribution < 1.29 is 0 Å². The van der Waals surface area contributed by atoms with E-state index in [1.165, 1.54) is 38.5 Å². The summed E-state index contributed by atoms with van der Waals surface area (Å²) in [6, 6.07) is 0. The lowest BCUT2D eigenvalue weighted by molar-refractivity contribution is 0.467. The molecule has 0 aromatic carbocycles. The summed E-state index contributed by atoms with van der Waals surface area (Å²) in [4.78, 5) is 0. The first kappa shape index (κ1) is 11.7. The first-order chi connectivity index (χ1) is 5.81. The predicted molar refractivity (Wildman–Crippen MR) is 57.4 cm³/mol. The van der Waals surface area contributed by atoms with Crippen molar-refractivity contribution in [2.45, 2.75) is 59.3 Å². The lowest BCUT2D eigenvalue weighted by Crippen LogP contribution is -1.93. The van der Waals surface area contributed by atoms with Gasteiger partial charge >= 0.3 is 0 Å². The lowest BCUT2D eigenvalue weighted by atomic mass is 9.98. The van der Waals surface area contributed by atoms with Crippen molar-refractivity contribution in [2.24, 2.45) is 5.92 Å². The number of unbranched alkanes of at least 4 members (excludes halogenated alkanes) is 2. The van der Waals surface area contributed by atoms with Crippen LogP contribution in [0.4, 0.5) is 0 Å². The highest BCUT2D eigenvalue weighted by atomic mass is 14.0. The average Bonchev–Trinajstić information content (AvgIpc) is 2.06. The molecule has 1 atom stereocenters. The van der Waals surface area contributed by atoms with Crippen LogP contribution in [0.3, 0.4) is 0 Å². The van der Waals surface area contributed by atoms with Gasteiger partial charge in [0.25, 0.3) is 0 Å². The fourth-order valence-electron chi connectivity index (χ4n) is 1.43. The maximum Gasteiger partial charge on any atom is -0.0348 e. The van der Waals surface area contributed by atoms with Crippen LogP contribution in [0.25, 0.3) is 0 Å². The molecule has 0 radical (unpaired) electrons. The maximum atomic E-state index is 2.37. The van der Waals surface area contributed by atoms with E-state index >= 15 is 0 Å².